The molecule has 0 aromatic heterocycles. The van der Waals surface area contributed by atoms with Crippen LogP contribution in [-0.2, 0) is 14.3 Å². The van der Waals surface area contributed by atoms with Gasteiger partial charge in [-0.05, 0) is 13.8 Å². The van der Waals surface area contributed by atoms with Crippen molar-refractivity contribution in [2.24, 2.45) is 0 Å². The zero-order valence-electron chi connectivity index (χ0n) is 8.40. The molecule has 0 fully saturated rings. The van der Waals surface area contributed by atoms with Gasteiger partial charge in [0.1, 0.15) is 6.10 Å². The molecule has 2 atom stereocenters. The van der Waals surface area contributed by atoms with Crippen molar-refractivity contribution in [1.82, 2.24) is 0 Å². The predicted molar refractivity (Wildman–Crippen MR) is 49.4 cm³/mol. The minimum atomic E-state index is -1.06. The summed E-state index contributed by atoms with van der Waals surface area (Å²) in [7, 11) is 0. The van der Waals surface area contributed by atoms with E-state index in [1.807, 2.05) is 0 Å². The zero-order valence-corrected chi connectivity index (χ0v) is 8.40. The highest BCUT2D eigenvalue weighted by Gasteiger charge is 2.20. The van der Waals surface area contributed by atoms with Gasteiger partial charge in [0.2, 0.25) is 6.29 Å². The van der Waals surface area contributed by atoms with Gasteiger partial charge in [-0.3, -0.25) is 0 Å². The molecule has 0 heterocycles. The summed E-state index contributed by atoms with van der Waals surface area (Å²) in [5.41, 5.74) is 0.225. The highest BCUT2D eigenvalue weighted by Crippen LogP contribution is 2.04. The Balaban J connectivity index is 4.09. The van der Waals surface area contributed by atoms with Crippen LogP contribution in [0.15, 0.2) is 12.2 Å². The maximum Gasteiger partial charge on any atom is 0.335 e. The van der Waals surface area contributed by atoms with Crippen molar-refractivity contribution in [3.05, 3.63) is 12.2 Å². The molecule has 2 N–H and O–H groups in total. The summed E-state index contributed by atoms with van der Waals surface area (Å²) in [5.74, 6) is -0.631. The number of carbonyl (C=O) groups excluding carboxylic acids is 1. The number of rotatable bonds is 6. The van der Waals surface area contributed by atoms with E-state index in [4.69, 9.17) is 19.7 Å². The van der Waals surface area contributed by atoms with Crippen molar-refractivity contribution in [2.45, 2.75) is 26.2 Å². The Labute approximate surface area is 82.9 Å². The van der Waals surface area contributed by atoms with Crippen molar-refractivity contribution in [3.63, 3.8) is 0 Å². The quantitative estimate of drug-likeness (QED) is 0.356. The molecule has 0 radical (unpaired) electrons. The minimum Gasteiger partial charge on any atom is -0.430 e. The molecule has 82 valence electrons. The third kappa shape index (κ3) is 4.96. The van der Waals surface area contributed by atoms with E-state index < -0.39 is 18.4 Å². The van der Waals surface area contributed by atoms with E-state index in [1.54, 1.807) is 0 Å². The van der Waals surface area contributed by atoms with Crippen molar-refractivity contribution in [3.8, 4) is 0 Å². The van der Waals surface area contributed by atoms with Gasteiger partial charge < -0.3 is 19.7 Å². The molecule has 0 aliphatic rings. The lowest BCUT2D eigenvalue weighted by molar-refractivity contribution is -0.198. The molecule has 5 heteroatoms. The van der Waals surface area contributed by atoms with Gasteiger partial charge in [0, 0.05) is 5.57 Å². The van der Waals surface area contributed by atoms with Gasteiger partial charge in [-0.1, -0.05) is 6.58 Å². The molecule has 2 unspecified atom stereocenters. The van der Waals surface area contributed by atoms with Crippen molar-refractivity contribution < 1.29 is 24.5 Å². The van der Waals surface area contributed by atoms with Gasteiger partial charge in [0.05, 0.1) is 13.2 Å². The van der Waals surface area contributed by atoms with Crippen molar-refractivity contribution in [2.75, 3.05) is 13.2 Å². The topological polar surface area (TPSA) is 76.0 Å². The number of hydrogen-bond acceptors (Lipinski definition) is 5. The maximum atomic E-state index is 11.0. The van der Waals surface area contributed by atoms with Crippen LogP contribution in [0.3, 0.4) is 0 Å². The van der Waals surface area contributed by atoms with Gasteiger partial charge in [0.25, 0.3) is 0 Å². The normalized spacial score (nSPS) is 14.6. The number of ether oxygens (including phenoxy) is 2. The maximum absolute atomic E-state index is 11.0. The molecule has 0 saturated heterocycles. The van der Waals surface area contributed by atoms with Gasteiger partial charge in [-0.15, -0.1) is 0 Å². The number of esters is 1. The second-order valence-electron chi connectivity index (χ2n) is 2.89. The second-order valence-corrected chi connectivity index (χ2v) is 2.89. The predicted octanol–water partition coefficient (Wildman–Crippen LogP) is -0.178. The highest BCUT2D eigenvalue weighted by atomic mass is 16.7. The third-order valence-corrected chi connectivity index (χ3v) is 1.34. The molecule has 0 amide bonds. The molecule has 5 nitrogen and oxygen atoms in total. The third-order valence-electron chi connectivity index (χ3n) is 1.34. The van der Waals surface area contributed by atoms with Gasteiger partial charge in [-0.25, -0.2) is 4.79 Å². The summed E-state index contributed by atoms with van der Waals surface area (Å²) in [6, 6.07) is 0. The SMILES string of the molecule is C=C(C)C(=O)OC(OCCO)C(C)O. The smallest absolute Gasteiger partial charge is 0.335 e. The molecular formula is C9H16O5. The van der Waals surface area contributed by atoms with Crippen molar-refractivity contribution >= 4 is 5.97 Å². The van der Waals surface area contributed by atoms with Gasteiger partial charge in [-0.2, -0.15) is 0 Å². The number of hydrogen-bond donors (Lipinski definition) is 2. The lowest BCUT2D eigenvalue weighted by Crippen LogP contribution is -2.32. The average molecular weight is 204 g/mol. The molecule has 0 saturated carbocycles. The highest BCUT2D eigenvalue weighted by molar-refractivity contribution is 5.87. The fourth-order valence-corrected chi connectivity index (χ4v) is 0.647. The van der Waals surface area contributed by atoms with Gasteiger partial charge >= 0.3 is 5.97 Å². The summed E-state index contributed by atoms with van der Waals surface area (Å²) in [4.78, 5) is 11.0. The van der Waals surface area contributed by atoms with E-state index in [2.05, 4.69) is 6.58 Å². The number of carbonyl (C=O) groups is 1. The van der Waals surface area contributed by atoms with Crippen LogP contribution in [0.2, 0.25) is 0 Å². The summed E-state index contributed by atoms with van der Waals surface area (Å²) in [6.07, 6.45) is -2.02. The first-order valence-electron chi connectivity index (χ1n) is 4.26. The second kappa shape index (κ2) is 6.53. The molecule has 0 aliphatic heterocycles. The lowest BCUT2D eigenvalue weighted by atomic mass is 10.3. The standard InChI is InChI=1S/C9H16O5/c1-6(2)8(12)14-9(7(3)11)13-5-4-10/h7,9-11H,1,4-5H2,2-3H3. The van der Waals surface area contributed by atoms with Gasteiger partial charge in [0.15, 0.2) is 0 Å². The fourth-order valence-electron chi connectivity index (χ4n) is 0.647. The fraction of sp³-hybridized carbons (Fsp3) is 0.667. The van der Waals surface area contributed by atoms with E-state index in [-0.39, 0.29) is 18.8 Å². The van der Waals surface area contributed by atoms with Crippen LogP contribution in [0.1, 0.15) is 13.8 Å². The van der Waals surface area contributed by atoms with E-state index >= 15 is 0 Å². The first-order chi connectivity index (χ1) is 6.49. The number of aliphatic hydroxyl groups excluding tert-OH is 2. The number of aliphatic hydroxyl groups is 2. The van der Waals surface area contributed by atoms with Crippen LogP contribution < -0.4 is 0 Å². The molecule has 0 bridgehead atoms. The monoisotopic (exact) mass is 204 g/mol. The first kappa shape index (κ1) is 13.1. The minimum absolute atomic E-state index is 0.000955. The molecule has 0 aromatic carbocycles. The van der Waals surface area contributed by atoms with Crippen LogP contribution in [0.4, 0.5) is 0 Å². The van der Waals surface area contributed by atoms with Crippen LogP contribution in [0, 0.1) is 0 Å². The summed E-state index contributed by atoms with van der Waals surface area (Å²) in [6.45, 7) is 6.10. The van der Waals surface area contributed by atoms with E-state index in [0.29, 0.717) is 0 Å². The Morgan fingerprint density at radius 3 is 2.50 bits per heavy atom. The molecule has 0 rings (SSSR count). The Morgan fingerprint density at radius 2 is 2.14 bits per heavy atom. The van der Waals surface area contributed by atoms with E-state index in [9.17, 15) is 4.79 Å². The Morgan fingerprint density at radius 1 is 1.57 bits per heavy atom. The van der Waals surface area contributed by atoms with E-state index in [1.165, 1.54) is 13.8 Å². The molecule has 0 spiro atoms. The molecule has 0 aromatic rings. The lowest BCUT2D eigenvalue weighted by Gasteiger charge is -2.20. The summed E-state index contributed by atoms with van der Waals surface area (Å²) < 4.78 is 9.64. The van der Waals surface area contributed by atoms with E-state index in [0.717, 1.165) is 0 Å². The van der Waals surface area contributed by atoms with Crippen LogP contribution in [-0.4, -0.2) is 41.8 Å². The zero-order chi connectivity index (χ0) is 11.1. The first-order valence-corrected chi connectivity index (χ1v) is 4.26. The van der Waals surface area contributed by atoms with Crippen molar-refractivity contribution in [1.29, 1.82) is 0 Å². The van der Waals surface area contributed by atoms with Crippen LogP contribution >= 0.6 is 0 Å². The molecule has 0 aliphatic carbocycles. The van der Waals surface area contributed by atoms with Crippen LogP contribution in [0.25, 0.3) is 0 Å². The van der Waals surface area contributed by atoms with Crippen LogP contribution in [0.5, 0.6) is 0 Å². The molecule has 14 heavy (non-hydrogen) atoms. The Hall–Kier alpha value is -0.910. The largest absolute Gasteiger partial charge is 0.430 e. The summed E-state index contributed by atoms with van der Waals surface area (Å²) >= 11 is 0. The average Bonchev–Trinajstić information content (AvgIpc) is 2.10. The molecular weight excluding hydrogens is 188 g/mol. The summed E-state index contributed by atoms with van der Waals surface area (Å²) in [5, 5.41) is 17.6. The Bertz CT molecular complexity index is 199. The Kier molecular flexibility index (Phi) is 6.11.